The van der Waals surface area contributed by atoms with Crippen LogP contribution >= 0.6 is 0 Å². The van der Waals surface area contributed by atoms with Gasteiger partial charge < -0.3 is 15.2 Å². The molecule has 116 valence electrons. The Morgan fingerprint density at radius 2 is 1.95 bits per heavy atom. The molecule has 4 heteroatoms. The fourth-order valence-corrected chi connectivity index (χ4v) is 2.81. The van der Waals surface area contributed by atoms with Crippen LogP contribution in [-0.2, 0) is 11.2 Å². The summed E-state index contributed by atoms with van der Waals surface area (Å²) >= 11 is 0. The van der Waals surface area contributed by atoms with E-state index in [-0.39, 0.29) is 5.91 Å². The number of carbonyl (C=O) groups excluding carboxylic acids is 1. The van der Waals surface area contributed by atoms with Crippen LogP contribution in [-0.4, -0.2) is 30.3 Å². The molecule has 0 spiro atoms. The number of amides is 1. The maximum atomic E-state index is 11.8. The lowest BCUT2D eigenvalue weighted by Crippen LogP contribution is -2.40. The Morgan fingerprint density at radius 3 is 2.57 bits per heavy atom. The molecular formula is C17H25NO3. The molecule has 2 rings (SSSR count). The van der Waals surface area contributed by atoms with Gasteiger partial charge in [-0.3, -0.25) is 4.79 Å². The smallest absolute Gasteiger partial charge is 0.220 e. The Morgan fingerprint density at radius 1 is 1.29 bits per heavy atom. The Hall–Kier alpha value is -1.55. The monoisotopic (exact) mass is 291 g/mol. The Bertz CT molecular complexity index is 450. The topological polar surface area (TPSA) is 58.6 Å². The number of aliphatic hydroxyl groups is 1. The molecule has 1 aromatic rings. The van der Waals surface area contributed by atoms with E-state index in [9.17, 15) is 9.90 Å². The van der Waals surface area contributed by atoms with Gasteiger partial charge >= 0.3 is 0 Å². The van der Waals surface area contributed by atoms with Gasteiger partial charge in [0.25, 0.3) is 0 Å². The molecule has 1 saturated carbocycles. The van der Waals surface area contributed by atoms with Crippen LogP contribution in [0.1, 0.15) is 44.1 Å². The summed E-state index contributed by atoms with van der Waals surface area (Å²) in [6.07, 6.45) is 5.92. The van der Waals surface area contributed by atoms with Crippen LogP contribution in [0.25, 0.3) is 0 Å². The van der Waals surface area contributed by atoms with E-state index in [1.165, 1.54) is 5.56 Å². The normalized spacial score (nSPS) is 16.7. The van der Waals surface area contributed by atoms with Crippen molar-refractivity contribution in [1.29, 1.82) is 0 Å². The fourth-order valence-electron chi connectivity index (χ4n) is 2.81. The second-order valence-electron chi connectivity index (χ2n) is 5.91. The molecule has 0 aliphatic heterocycles. The van der Waals surface area contributed by atoms with E-state index >= 15 is 0 Å². The Labute approximate surface area is 126 Å². The number of methoxy groups -OCH3 is 1. The molecule has 4 nitrogen and oxygen atoms in total. The molecule has 1 fully saturated rings. The largest absolute Gasteiger partial charge is 0.497 e. The predicted molar refractivity (Wildman–Crippen MR) is 82.4 cm³/mol. The first-order chi connectivity index (χ1) is 10.1. The van der Waals surface area contributed by atoms with Crippen LogP contribution < -0.4 is 10.1 Å². The van der Waals surface area contributed by atoms with Gasteiger partial charge in [-0.05, 0) is 43.4 Å². The fraction of sp³-hybridized carbons (Fsp3) is 0.588. The number of aryl methyl sites for hydroxylation is 1. The zero-order valence-corrected chi connectivity index (χ0v) is 12.7. The van der Waals surface area contributed by atoms with Crippen LogP contribution in [0.5, 0.6) is 5.75 Å². The summed E-state index contributed by atoms with van der Waals surface area (Å²) in [6.45, 7) is 0.397. The molecular weight excluding hydrogens is 266 g/mol. The standard InChI is InChI=1S/C17H25NO3/c1-21-15-9-7-14(8-10-15)5-4-6-16(19)18-13-17(20)11-2-3-12-17/h7-10,20H,2-6,11-13H2,1H3,(H,18,19). The maximum Gasteiger partial charge on any atom is 0.220 e. The maximum absolute atomic E-state index is 11.8. The second-order valence-corrected chi connectivity index (χ2v) is 5.91. The highest BCUT2D eigenvalue weighted by molar-refractivity contribution is 5.75. The molecule has 0 atom stereocenters. The molecule has 1 aliphatic carbocycles. The van der Waals surface area contributed by atoms with Gasteiger partial charge in [-0.15, -0.1) is 0 Å². The average molecular weight is 291 g/mol. The number of carbonyl (C=O) groups is 1. The number of ether oxygens (including phenoxy) is 1. The zero-order valence-electron chi connectivity index (χ0n) is 12.7. The van der Waals surface area contributed by atoms with E-state index in [1.54, 1.807) is 7.11 Å². The minimum atomic E-state index is -0.661. The third kappa shape index (κ3) is 5.05. The molecule has 21 heavy (non-hydrogen) atoms. The van der Waals surface area contributed by atoms with Crippen molar-refractivity contribution in [3.63, 3.8) is 0 Å². The van der Waals surface area contributed by atoms with E-state index in [2.05, 4.69) is 5.32 Å². The van der Waals surface area contributed by atoms with Gasteiger partial charge in [-0.1, -0.05) is 25.0 Å². The lowest BCUT2D eigenvalue weighted by Gasteiger charge is -2.22. The van der Waals surface area contributed by atoms with E-state index < -0.39 is 5.60 Å². The number of rotatable bonds is 7. The summed E-state index contributed by atoms with van der Waals surface area (Å²) in [6, 6.07) is 7.92. The zero-order chi connectivity index (χ0) is 15.1. The Balaban J connectivity index is 1.64. The van der Waals surface area contributed by atoms with Gasteiger partial charge in [0.1, 0.15) is 5.75 Å². The number of hydrogen-bond donors (Lipinski definition) is 2. The number of hydrogen-bond acceptors (Lipinski definition) is 3. The van der Waals surface area contributed by atoms with Gasteiger partial charge in [0.05, 0.1) is 12.7 Å². The van der Waals surface area contributed by atoms with Gasteiger partial charge in [0, 0.05) is 13.0 Å². The van der Waals surface area contributed by atoms with Crippen molar-refractivity contribution in [2.24, 2.45) is 0 Å². The van der Waals surface area contributed by atoms with Crippen molar-refractivity contribution < 1.29 is 14.6 Å². The lowest BCUT2D eigenvalue weighted by molar-refractivity contribution is -0.122. The molecule has 0 saturated heterocycles. The van der Waals surface area contributed by atoms with E-state index in [4.69, 9.17) is 4.74 Å². The molecule has 1 aliphatic rings. The van der Waals surface area contributed by atoms with Crippen molar-refractivity contribution in [1.82, 2.24) is 5.32 Å². The van der Waals surface area contributed by atoms with E-state index in [0.717, 1.165) is 44.3 Å². The first-order valence-electron chi connectivity index (χ1n) is 7.73. The van der Waals surface area contributed by atoms with E-state index in [0.29, 0.717) is 13.0 Å². The third-order valence-corrected chi connectivity index (χ3v) is 4.18. The highest BCUT2D eigenvalue weighted by Crippen LogP contribution is 2.28. The van der Waals surface area contributed by atoms with Gasteiger partial charge in [0.15, 0.2) is 0 Å². The number of benzene rings is 1. The van der Waals surface area contributed by atoms with Crippen molar-refractivity contribution in [3.05, 3.63) is 29.8 Å². The molecule has 2 N–H and O–H groups in total. The molecule has 0 aromatic heterocycles. The molecule has 0 radical (unpaired) electrons. The van der Waals surface area contributed by atoms with Crippen LogP contribution in [0.15, 0.2) is 24.3 Å². The Kier molecular flexibility index (Phi) is 5.62. The molecule has 1 amide bonds. The predicted octanol–water partition coefficient (Wildman–Crippen LogP) is 2.44. The van der Waals surface area contributed by atoms with Crippen molar-refractivity contribution in [3.8, 4) is 5.75 Å². The third-order valence-electron chi connectivity index (χ3n) is 4.18. The second kappa shape index (κ2) is 7.46. The number of nitrogens with one attached hydrogen (secondary N) is 1. The summed E-state index contributed by atoms with van der Waals surface area (Å²) in [5.41, 5.74) is 0.545. The van der Waals surface area contributed by atoms with Gasteiger partial charge in [-0.25, -0.2) is 0 Å². The average Bonchev–Trinajstić information content (AvgIpc) is 2.93. The van der Waals surface area contributed by atoms with Crippen LogP contribution in [0.4, 0.5) is 0 Å². The van der Waals surface area contributed by atoms with Crippen molar-refractivity contribution >= 4 is 5.91 Å². The van der Waals surface area contributed by atoms with Gasteiger partial charge in [0.2, 0.25) is 5.91 Å². The van der Waals surface area contributed by atoms with Crippen LogP contribution in [0.3, 0.4) is 0 Å². The first-order valence-corrected chi connectivity index (χ1v) is 7.73. The van der Waals surface area contributed by atoms with Crippen LogP contribution in [0, 0.1) is 0 Å². The quantitative estimate of drug-likeness (QED) is 0.811. The summed E-state index contributed by atoms with van der Waals surface area (Å²) < 4.78 is 5.11. The lowest BCUT2D eigenvalue weighted by atomic mass is 10.0. The molecule has 0 bridgehead atoms. The SMILES string of the molecule is COc1ccc(CCCC(=O)NCC2(O)CCCC2)cc1. The highest BCUT2D eigenvalue weighted by Gasteiger charge is 2.31. The first kappa shape index (κ1) is 15.8. The van der Waals surface area contributed by atoms with Crippen molar-refractivity contribution in [2.75, 3.05) is 13.7 Å². The minimum absolute atomic E-state index is 0.0313. The van der Waals surface area contributed by atoms with Crippen molar-refractivity contribution in [2.45, 2.75) is 50.5 Å². The minimum Gasteiger partial charge on any atom is -0.497 e. The van der Waals surface area contributed by atoms with E-state index in [1.807, 2.05) is 24.3 Å². The highest BCUT2D eigenvalue weighted by atomic mass is 16.5. The van der Waals surface area contributed by atoms with Crippen LogP contribution in [0.2, 0.25) is 0 Å². The molecule has 0 heterocycles. The van der Waals surface area contributed by atoms with Gasteiger partial charge in [-0.2, -0.15) is 0 Å². The molecule has 0 unspecified atom stereocenters. The summed E-state index contributed by atoms with van der Waals surface area (Å²) in [7, 11) is 1.65. The summed E-state index contributed by atoms with van der Waals surface area (Å²) in [5.74, 6) is 0.880. The summed E-state index contributed by atoms with van der Waals surface area (Å²) in [5, 5.41) is 13.0. The molecule has 1 aromatic carbocycles. The summed E-state index contributed by atoms with van der Waals surface area (Å²) in [4.78, 5) is 11.8.